The summed E-state index contributed by atoms with van der Waals surface area (Å²) in [7, 11) is 2.15. The van der Waals surface area contributed by atoms with Crippen molar-refractivity contribution < 1.29 is 9.47 Å². The Morgan fingerprint density at radius 1 is 1.30 bits per heavy atom. The Bertz CT molecular complexity index is 462. The lowest BCUT2D eigenvalue weighted by atomic mass is 9.90. The topological polar surface area (TPSA) is 47.7 Å². The minimum atomic E-state index is 0.0184. The number of hydrogen-bond donors (Lipinski definition) is 1. The van der Waals surface area contributed by atoms with Gasteiger partial charge in [0.2, 0.25) is 6.79 Å². The summed E-state index contributed by atoms with van der Waals surface area (Å²) in [4.78, 5) is 2.36. The van der Waals surface area contributed by atoms with Crippen molar-refractivity contribution in [1.29, 1.82) is 0 Å². The first-order valence-corrected chi connectivity index (χ1v) is 7.28. The van der Waals surface area contributed by atoms with Gasteiger partial charge < -0.3 is 15.2 Å². The van der Waals surface area contributed by atoms with Crippen LogP contribution in [0.4, 0.5) is 0 Å². The average molecular weight is 278 g/mol. The van der Waals surface area contributed by atoms with E-state index < -0.39 is 0 Å². The van der Waals surface area contributed by atoms with Crippen LogP contribution in [0.25, 0.3) is 0 Å². The van der Waals surface area contributed by atoms with E-state index in [2.05, 4.69) is 44.9 Å². The molecule has 1 aliphatic rings. The lowest BCUT2D eigenvalue weighted by Crippen LogP contribution is -2.52. The number of ether oxygens (including phenoxy) is 2. The Morgan fingerprint density at radius 2 is 2.00 bits per heavy atom. The molecule has 0 saturated heterocycles. The molecule has 2 rings (SSSR count). The molecule has 0 radical (unpaired) electrons. The number of nitrogens with zero attached hydrogens (tertiary/aromatic N) is 1. The monoisotopic (exact) mass is 278 g/mol. The lowest BCUT2D eigenvalue weighted by Gasteiger charge is -2.41. The van der Waals surface area contributed by atoms with Crippen molar-refractivity contribution in [2.24, 2.45) is 5.73 Å². The van der Waals surface area contributed by atoms with Gasteiger partial charge in [-0.15, -0.1) is 0 Å². The van der Waals surface area contributed by atoms with Crippen LogP contribution in [0.2, 0.25) is 0 Å². The SMILES string of the molecule is CC(C)N(C)C(C)(CN)CCc1ccc2c(c1)OCO2. The fraction of sp³-hybridized carbons (Fsp3) is 0.625. The number of likely N-dealkylation sites (N-methyl/N-ethyl adjacent to an activating group) is 1. The highest BCUT2D eigenvalue weighted by atomic mass is 16.7. The van der Waals surface area contributed by atoms with Crippen LogP contribution in [0.15, 0.2) is 18.2 Å². The largest absolute Gasteiger partial charge is 0.454 e. The molecule has 0 bridgehead atoms. The second-order valence-electron chi connectivity index (χ2n) is 6.09. The molecule has 0 spiro atoms. The van der Waals surface area contributed by atoms with E-state index in [0.717, 1.165) is 24.3 Å². The van der Waals surface area contributed by atoms with Gasteiger partial charge in [-0.2, -0.15) is 0 Å². The number of nitrogens with two attached hydrogens (primary N) is 1. The number of benzene rings is 1. The maximum absolute atomic E-state index is 6.01. The van der Waals surface area contributed by atoms with Crippen molar-refractivity contribution >= 4 is 0 Å². The molecule has 4 heteroatoms. The van der Waals surface area contributed by atoms with E-state index in [-0.39, 0.29) is 5.54 Å². The van der Waals surface area contributed by atoms with Crippen LogP contribution in [0.1, 0.15) is 32.8 Å². The lowest BCUT2D eigenvalue weighted by molar-refractivity contribution is 0.100. The molecule has 1 aromatic carbocycles. The Balaban J connectivity index is 2.03. The van der Waals surface area contributed by atoms with Crippen molar-refractivity contribution in [3.63, 3.8) is 0 Å². The molecule has 1 heterocycles. The minimum absolute atomic E-state index is 0.0184. The van der Waals surface area contributed by atoms with Crippen molar-refractivity contribution in [2.45, 2.75) is 45.2 Å². The molecule has 0 aliphatic carbocycles. The second-order valence-corrected chi connectivity index (χ2v) is 6.09. The fourth-order valence-electron chi connectivity index (χ4n) is 2.56. The van der Waals surface area contributed by atoms with Gasteiger partial charge in [0, 0.05) is 18.1 Å². The molecule has 2 N–H and O–H groups in total. The summed E-state index contributed by atoms with van der Waals surface area (Å²) < 4.78 is 10.8. The second kappa shape index (κ2) is 6.02. The van der Waals surface area contributed by atoms with E-state index in [1.165, 1.54) is 5.56 Å². The molecule has 1 aromatic rings. The van der Waals surface area contributed by atoms with Gasteiger partial charge in [0.25, 0.3) is 0 Å². The molecule has 4 nitrogen and oxygen atoms in total. The molecule has 112 valence electrons. The van der Waals surface area contributed by atoms with Crippen LogP contribution in [0.3, 0.4) is 0 Å². The summed E-state index contributed by atoms with van der Waals surface area (Å²) >= 11 is 0. The first kappa shape index (κ1) is 15.1. The van der Waals surface area contributed by atoms with Crippen molar-refractivity contribution in [1.82, 2.24) is 4.90 Å². The van der Waals surface area contributed by atoms with Crippen LogP contribution in [0.5, 0.6) is 11.5 Å². The standard InChI is InChI=1S/C16H26N2O2/c1-12(2)18(4)16(3,10-17)8-7-13-5-6-14-15(9-13)20-11-19-14/h5-6,9,12H,7-8,10-11,17H2,1-4H3. The Morgan fingerprint density at radius 3 is 2.65 bits per heavy atom. The highest BCUT2D eigenvalue weighted by Crippen LogP contribution is 2.33. The van der Waals surface area contributed by atoms with Crippen LogP contribution < -0.4 is 15.2 Å². The van der Waals surface area contributed by atoms with Gasteiger partial charge in [-0.3, -0.25) is 4.90 Å². The van der Waals surface area contributed by atoms with E-state index >= 15 is 0 Å². The molecule has 1 aliphatic heterocycles. The van der Waals surface area contributed by atoms with Crippen molar-refractivity contribution in [2.75, 3.05) is 20.4 Å². The van der Waals surface area contributed by atoms with Gasteiger partial charge in [-0.1, -0.05) is 6.07 Å². The van der Waals surface area contributed by atoms with Crippen LogP contribution in [0, 0.1) is 0 Å². The maximum Gasteiger partial charge on any atom is 0.231 e. The highest BCUT2D eigenvalue weighted by Gasteiger charge is 2.29. The first-order valence-electron chi connectivity index (χ1n) is 7.28. The van der Waals surface area contributed by atoms with E-state index in [9.17, 15) is 0 Å². The van der Waals surface area contributed by atoms with Crippen LogP contribution in [-0.4, -0.2) is 36.9 Å². The van der Waals surface area contributed by atoms with Crippen molar-refractivity contribution in [3.05, 3.63) is 23.8 Å². The van der Waals surface area contributed by atoms with Gasteiger partial charge in [-0.25, -0.2) is 0 Å². The molecule has 0 amide bonds. The molecular formula is C16H26N2O2. The summed E-state index contributed by atoms with van der Waals surface area (Å²) in [5, 5.41) is 0. The summed E-state index contributed by atoms with van der Waals surface area (Å²) in [6.07, 6.45) is 2.01. The van der Waals surface area contributed by atoms with Gasteiger partial charge in [0.15, 0.2) is 11.5 Å². The molecule has 0 saturated carbocycles. The van der Waals surface area contributed by atoms with Crippen LogP contribution >= 0.6 is 0 Å². The Hall–Kier alpha value is -1.26. The van der Waals surface area contributed by atoms with E-state index in [4.69, 9.17) is 15.2 Å². The first-order chi connectivity index (χ1) is 9.46. The number of rotatable bonds is 6. The third kappa shape index (κ3) is 3.07. The van der Waals surface area contributed by atoms with E-state index in [0.29, 0.717) is 19.4 Å². The summed E-state index contributed by atoms with van der Waals surface area (Å²) in [5.74, 6) is 1.70. The van der Waals surface area contributed by atoms with Gasteiger partial charge in [-0.05, 0) is 58.4 Å². The van der Waals surface area contributed by atoms with E-state index in [1.807, 2.05) is 6.07 Å². The predicted octanol–water partition coefficient (Wildman–Crippen LogP) is 2.41. The number of fused-ring (bicyclic) bond motifs is 1. The molecule has 0 aromatic heterocycles. The van der Waals surface area contributed by atoms with E-state index in [1.54, 1.807) is 0 Å². The molecule has 20 heavy (non-hydrogen) atoms. The summed E-state index contributed by atoms with van der Waals surface area (Å²) in [5.41, 5.74) is 7.30. The van der Waals surface area contributed by atoms with Crippen molar-refractivity contribution in [3.8, 4) is 11.5 Å². The Labute approximate surface area is 121 Å². The quantitative estimate of drug-likeness (QED) is 0.868. The maximum atomic E-state index is 6.01. The highest BCUT2D eigenvalue weighted by molar-refractivity contribution is 5.44. The van der Waals surface area contributed by atoms with Gasteiger partial charge in [0.05, 0.1) is 0 Å². The summed E-state index contributed by atoms with van der Waals surface area (Å²) in [6, 6.07) is 6.67. The molecule has 0 fully saturated rings. The number of hydrogen-bond acceptors (Lipinski definition) is 4. The zero-order valence-corrected chi connectivity index (χ0v) is 13.0. The zero-order valence-electron chi connectivity index (χ0n) is 13.0. The summed E-state index contributed by atoms with van der Waals surface area (Å²) in [6.45, 7) is 7.63. The molecule has 1 atom stereocenters. The average Bonchev–Trinajstić information content (AvgIpc) is 2.91. The molecular weight excluding hydrogens is 252 g/mol. The third-order valence-electron chi connectivity index (χ3n) is 4.46. The number of aryl methyl sites for hydroxylation is 1. The third-order valence-corrected chi connectivity index (χ3v) is 4.46. The smallest absolute Gasteiger partial charge is 0.231 e. The van der Waals surface area contributed by atoms with Gasteiger partial charge in [0.1, 0.15) is 0 Å². The fourth-order valence-corrected chi connectivity index (χ4v) is 2.56. The Kier molecular flexibility index (Phi) is 4.55. The minimum Gasteiger partial charge on any atom is -0.454 e. The van der Waals surface area contributed by atoms with Gasteiger partial charge >= 0.3 is 0 Å². The predicted molar refractivity (Wildman–Crippen MR) is 81.2 cm³/mol. The normalized spacial score (nSPS) is 16.8. The zero-order chi connectivity index (χ0) is 14.8. The molecule has 1 unspecified atom stereocenters. The van der Waals surface area contributed by atoms with Crippen LogP contribution in [-0.2, 0) is 6.42 Å².